The average Bonchev–Trinajstić information content (AvgIpc) is 2.63. The van der Waals surface area contributed by atoms with Crippen LogP contribution in [0.1, 0.15) is 12.8 Å². The van der Waals surface area contributed by atoms with Crippen molar-refractivity contribution in [1.29, 1.82) is 0 Å². The van der Waals surface area contributed by atoms with Gasteiger partial charge in [-0.25, -0.2) is 22.3 Å². The molecular weight excluding hydrogens is 449 g/mol. The molecule has 2 rings (SSSR count). The molecule has 1 heterocycles. The zero-order valence-corrected chi connectivity index (χ0v) is 16.0. The lowest BCUT2D eigenvalue weighted by atomic mass is 9.97. The number of nitrogens with zero attached hydrogens (tertiary/aromatic N) is 1. The Morgan fingerprint density at radius 2 is 1.57 bits per heavy atom. The summed E-state index contributed by atoms with van der Waals surface area (Å²) in [6, 6.07) is 4.06. The van der Waals surface area contributed by atoms with Crippen LogP contribution >= 0.6 is 0 Å². The highest BCUT2D eigenvalue weighted by molar-refractivity contribution is 7.89. The van der Waals surface area contributed by atoms with Crippen LogP contribution in [0.3, 0.4) is 0 Å². The normalized spacial score (nSPS) is 16.7. The second kappa shape index (κ2) is 8.96. The van der Waals surface area contributed by atoms with Gasteiger partial charge in [0.15, 0.2) is 0 Å². The lowest BCUT2D eigenvalue weighted by Gasteiger charge is -2.33. The number of benzene rings is 1. The van der Waals surface area contributed by atoms with Gasteiger partial charge in [0.1, 0.15) is 5.82 Å². The number of rotatable bonds is 5. The van der Waals surface area contributed by atoms with E-state index < -0.39 is 40.4 Å². The molecule has 1 amide bonds. The quantitative estimate of drug-likeness (QED) is 0.675. The molecule has 1 saturated heterocycles. The molecule has 0 spiro atoms. The summed E-state index contributed by atoms with van der Waals surface area (Å²) in [6.45, 7) is -0.481. The molecule has 1 aromatic rings. The summed E-state index contributed by atoms with van der Waals surface area (Å²) < 4.78 is 118. The minimum Gasteiger partial charge on any atom is -0.426 e. The van der Waals surface area contributed by atoms with E-state index in [0.29, 0.717) is 4.90 Å². The molecule has 0 aliphatic carbocycles. The number of ether oxygens (including phenoxy) is 1. The molecule has 1 aliphatic heterocycles. The predicted molar refractivity (Wildman–Crippen MR) is 88.3 cm³/mol. The molecule has 1 aliphatic rings. The number of hydrogen-bond donors (Lipinski definition) is 1. The first kappa shape index (κ1) is 24.2. The molecule has 0 atom stereocenters. The van der Waals surface area contributed by atoms with Gasteiger partial charge in [0, 0.05) is 19.6 Å². The monoisotopic (exact) mass is 466 g/mol. The van der Waals surface area contributed by atoms with Gasteiger partial charge < -0.3 is 9.64 Å². The van der Waals surface area contributed by atoms with Crippen molar-refractivity contribution in [2.24, 2.45) is 5.92 Å². The van der Waals surface area contributed by atoms with Crippen LogP contribution in [0.2, 0.25) is 0 Å². The third kappa shape index (κ3) is 6.45. The summed E-state index contributed by atoms with van der Waals surface area (Å²) in [7, 11) is -3.93. The van der Waals surface area contributed by atoms with Gasteiger partial charge in [0.05, 0.1) is 4.90 Å². The van der Waals surface area contributed by atoms with E-state index in [9.17, 15) is 43.9 Å². The van der Waals surface area contributed by atoms with E-state index in [0.717, 1.165) is 24.3 Å². The SMILES string of the molecule is O=C(OC(C(F)(F)F)C(F)(F)F)N1CCC(CNS(=O)(=O)c2ccc(F)cc2)CC1. The highest BCUT2D eigenvalue weighted by Gasteiger charge is 2.60. The van der Waals surface area contributed by atoms with E-state index in [1.807, 2.05) is 0 Å². The van der Waals surface area contributed by atoms with Gasteiger partial charge in [-0.05, 0) is 43.0 Å². The number of nitrogens with one attached hydrogen (secondary N) is 1. The fourth-order valence-corrected chi connectivity index (χ4v) is 3.86. The number of piperidine rings is 1. The van der Waals surface area contributed by atoms with E-state index in [1.165, 1.54) is 0 Å². The highest BCUT2D eigenvalue weighted by Crippen LogP contribution is 2.36. The number of hydrogen-bond acceptors (Lipinski definition) is 4. The lowest BCUT2D eigenvalue weighted by molar-refractivity contribution is -0.308. The smallest absolute Gasteiger partial charge is 0.426 e. The maximum absolute atomic E-state index is 12.9. The van der Waals surface area contributed by atoms with Crippen LogP contribution in [-0.2, 0) is 14.8 Å². The number of halogens is 7. The first-order valence-electron chi connectivity index (χ1n) is 8.54. The van der Waals surface area contributed by atoms with Crippen LogP contribution in [0.25, 0.3) is 0 Å². The van der Waals surface area contributed by atoms with Crippen molar-refractivity contribution >= 4 is 16.1 Å². The number of amides is 1. The molecule has 0 aromatic heterocycles. The van der Waals surface area contributed by atoms with Crippen LogP contribution in [0, 0.1) is 11.7 Å². The van der Waals surface area contributed by atoms with Crippen LogP contribution < -0.4 is 4.72 Å². The second-order valence-electron chi connectivity index (χ2n) is 6.58. The van der Waals surface area contributed by atoms with Crippen LogP contribution in [0.15, 0.2) is 29.2 Å². The standard InChI is InChI=1S/C16H17F7N2O4S/c17-11-1-3-12(4-2-11)30(27,28)24-9-10-5-7-25(8-6-10)14(26)29-13(15(18,19)20)16(21,22)23/h1-4,10,13,24H,5-9H2. The zero-order valence-electron chi connectivity index (χ0n) is 15.1. The summed E-state index contributed by atoms with van der Waals surface area (Å²) in [4.78, 5) is 12.2. The fraction of sp³-hybridized carbons (Fsp3) is 0.562. The van der Waals surface area contributed by atoms with Gasteiger partial charge in [-0.15, -0.1) is 0 Å². The van der Waals surface area contributed by atoms with Crippen molar-refractivity contribution in [2.45, 2.75) is 36.2 Å². The van der Waals surface area contributed by atoms with Crippen molar-refractivity contribution in [3.8, 4) is 0 Å². The van der Waals surface area contributed by atoms with Crippen molar-refractivity contribution in [2.75, 3.05) is 19.6 Å². The molecule has 0 unspecified atom stereocenters. The molecule has 0 saturated carbocycles. The number of likely N-dealkylation sites (tertiary alicyclic amines) is 1. The zero-order chi connectivity index (χ0) is 22.7. The van der Waals surface area contributed by atoms with Crippen LogP contribution in [0.4, 0.5) is 35.5 Å². The summed E-state index contributed by atoms with van der Waals surface area (Å²) in [5.41, 5.74) is 0. The number of carbonyl (C=O) groups excluding carboxylic acids is 1. The van der Waals surface area contributed by atoms with Crippen LogP contribution in [0.5, 0.6) is 0 Å². The Morgan fingerprint density at radius 1 is 1.07 bits per heavy atom. The maximum Gasteiger partial charge on any atom is 0.434 e. The molecule has 1 fully saturated rings. The van der Waals surface area contributed by atoms with Gasteiger partial charge in [-0.3, -0.25) is 0 Å². The van der Waals surface area contributed by atoms with E-state index >= 15 is 0 Å². The third-order valence-corrected chi connectivity index (χ3v) is 5.81. The molecule has 1 N–H and O–H groups in total. The van der Waals surface area contributed by atoms with Crippen molar-refractivity contribution in [3.63, 3.8) is 0 Å². The summed E-state index contributed by atoms with van der Waals surface area (Å²) >= 11 is 0. The molecule has 14 heteroatoms. The molecular formula is C16H17F7N2O4S. The van der Waals surface area contributed by atoms with E-state index in [2.05, 4.69) is 9.46 Å². The van der Waals surface area contributed by atoms with Gasteiger partial charge in [-0.2, -0.15) is 26.3 Å². The van der Waals surface area contributed by atoms with Crippen molar-refractivity contribution in [1.82, 2.24) is 9.62 Å². The molecule has 170 valence electrons. The summed E-state index contributed by atoms with van der Waals surface area (Å²) in [5.74, 6) is -0.934. The Balaban J connectivity index is 1.87. The Bertz CT molecular complexity index is 819. The van der Waals surface area contributed by atoms with E-state index in [1.54, 1.807) is 0 Å². The molecule has 6 nitrogen and oxygen atoms in total. The minimum atomic E-state index is -5.80. The molecule has 1 aromatic carbocycles. The Kier molecular flexibility index (Phi) is 7.22. The van der Waals surface area contributed by atoms with Gasteiger partial charge >= 0.3 is 18.4 Å². The first-order valence-corrected chi connectivity index (χ1v) is 10.0. The van der Waals surface area contributed by atoms with Crippen molar-refractivity contribution < 1.29 is 48.7 Å². The fourth-order valence-electron chi connectivity index (χ4n) is 2.74. The average molecular weight is 466 g/mol. The summed E-state index contributed by atoms with van der Waals surface area (Å²) in [6.07, 6.45) is -17.3. The van der Waals surface area contributed by atoms with Crippen molar-refractivity contribution in [3.05, 3.63) is 30.1 Å². The highest BCUT2D eigenvalue weighted by atomic mass is 32.2. The van der Waals surface area contributed by atoms with Gasteiger partial charge in [-0.1, -0.05) is 0 Å². The molecule has 0 bridgehead atoms. The molecule has 30 heavy (non-hydrogen) atoms. The van der Waals surface area contributed by atoms with E-state index in [4.69, 9.17) is 0 Å². The number of carbonyl (C=O) groups is 1. The molecule has 0 radical (unpaired) electrons. The first-order chi connectivity index (χ1) is 13.7. The number of alkyl halides is 6. The largest absolute Gasteiger partial charge is 0.434 e. The maximum atomic E-state index is 12.9. The number of sulfonamides is 1. The summed E-state index contributed by atoms with van der Waals surface area (Å²) in [5, 5.41) is 0. The van der Waals surface area contributed by atoms with Gasteiger partial charge in [0.2, 0.25) is 10.0 Å². The Labute approximate surface area is 167 Å². The Hall–Kier alpha value is -2.09. The topological polar surface area (TPSA) is 75.7 Å². The lowest BCUT2D eigenvalue weighted by Crippen LogP contribution is -2.49. The van der Waals surface area contributed by atoms with E-state index in [-0.39, 0.29) is 43.3 Å². The van der Waals surface area contributed by atoms with Gasteiger partial charge in [0.25, 0.3) is 6.10 Å². The minimum absolute atomic E-state index is 0.0731. The third-order valence-electron chi connectivity index (χ3n) is 4.37. The predicted octanol–water partition coefficient (Wildman–Crippen LogP) is 3.45. The van der Waals surface area contributed by atoms with Crippen LogP contribution in [-0.4, -0.2) is 57.5 Å². The second-order valence-corrected chi connectivity index (χ2v) is 8.35. The Morgan fingerprint density at radius 3 is 2.03 bits per heavy atom.